The number of aliphatic carboxylic acids is 1. The standard InChI is InChI=1S/C12H14N2O5.C12H16N2O5.C12H16N2O4.C12H16N2O3.C11H14N2O3/c1-7(11(15)16)13-14-10-5-4-8(18-2)6-9(10)12(17)19-3;1-18-9-3-4-11(10(5-9)12(17)19-2)14-13-6-8(16)7-15;1-17-9-4-5-11(14-13-6-3-7-15)10(8-9)12(16)18-2;1-8(2)13-14-11-6-5-9(16-3)7-10(11)12(15)17-4;1-4-12-13-10-6-5-8(15-2)7-9(10)11(14)16-3/h4-6,14H,1-3H3,(H,15,16);3-6,8,14-16H,7H2,1-2H3;4-6,8,14-15H,3,7H2,1-2H3;5-7,14H,1-4H3;4-7,13H,1-3H3/b13-7+;2*13-6+;;12-4+. The fraction of sp³-hybridized carbons (Fsp3) is 0.305. The third-order valence-electron chi connectivity index (χ3n) is 10.7. The quantitative estimate of drug-likeness (QED) is 0.0122. The van der Waals surface area contributed by atoms with Crippen LogP contribution < -0.4 is 50.8 Å². The molecule has 30 heteroatoms. The van der Waals surface area contributed by atoms with E-state index < -0.39 is 48.5 Å². The van der Waals surface area contributed by atoms with Gasteiger partial charge in [-0.1, -0.05) is 0 Å². The van der Waals surface area contributed by atoms with Gasteiger partial charge in [0.2, 0.25) is 0 Å². The minimum absolute atomic E-state index is 0.0254. The maximum Gasteiger partial charge on any atom is 0.351 e. The second-order valence-electron chi connectivity index (χ2n) is 16.9. The molecular formula is C59H76N10O20. The first-order valence-electron chi connectivity index (χ1n) is 26.0. The highest BCUT2D eigenvalue weighted by atomic mass is 16.5. The molecule has 0 aliphatic rings. The van der Waals surface area contributed by atoms with Crippen LogP contribution in [0.2, 0.25) is 0 Å². The second-order valence-corrected chi connectivity index (χ2v) is 16.9. The Morgan fingerprint density at radius 2 is 0.742 bits per heavy atom. The summed E-state index contributed by atoms with van der Waals surface area (Å²) in [4.78, 5) is 68.5. The van der Waals surface area contributed by atoms with Crippen LogP contribution in [0.3, 0.4) is 0 Å². The van der Waals surface area contributed by atoms with Crippen LogP contribution >= 0.6 is 0 Å². The van der Waals surface area contributed by atoms with E-state index >= 15 is 0 Å². The number of carbonyl (C=O) groups is 6. The second kappa shape index (κ2) is 42.9. The van der Waals surface area contributed by atoms with Gasteiger partial charge in [-0.2, -0.15) is 25.5 Å². The van der Waals surface area contributed by atoms with E-state index in [9.17, 15) is 28.8 Å². The van der Waals surface area contributed by atoms with E-state index in [1.165, 1.54) is 96.4 Å². The van der Waals surface area contributed by atoms with Crippen molar-refractivity contribution in [2.75, 3.05) is 111 Å². The predicted octanol–water partition coefficient (Wildman–Crippen LogP) is 7.04. The summed E-state index contributed by atoms with van der Waals surface area (Å²) in [5, 5.41) is 54.1. The van der Waals surface area contributed by atoms with Gasteiger partial charge in [-0.15, -0.1) is 0 Å². The summed E-state index contributed by atoms with van der Waals surface area (Å²) in [7, 11) is 14.0. The Labute approximate surface area is 514 Å². The van der Waals surface area contributed by atoms with E-state index in [2.05, 4.69) is 71.6 Å². The van der Waals surface area contributed by atoms with Gasteiger partial charge in [-0.05, 0) is 119 Å². The number of carboxylic acids is 1. The zero-order valence-corrected chi connectivity index (χ0v) is 51.6. The van der Waals surface area contributed by atoms with E-state index in [0.29, 0.717) is 80.3 Å². The van der Waals surface area contributed by atoms with E-state index in [0.717, 1.165) is 11.9 Å². The predicted molar refractivity (Wildman–Crippen MR) is 335 cm³/mol. The molecule has 30 nitrogen and oxygen atoms in total. The number of carboxylic acid groups (broad SMARTS) is 1. The topological polar surface area (TPSA) is 398 Å². The summed E-state index contributed by atoms with van der Waals surface area (Å²) in [5.74, 6) is -0.906. The number of carbonyl (C=O) groups excluding carboxylic acids is 5. The van der Waals surface area contributed by atoms with Crippen LogP contribution in [0.15, 0.2) is 117 Å². The monoisotopic (exact) mass is 1240 g/mol. The minimum atomic E-state index is -1.15. The zero-order valence-electron chi connectivity index (χ0n) is 51.6. The first-order valence-corrected chi connectivity index (χ1v) is 26.0. The molecule has 0 aliphatic heterocycles. The van der Waals surface area contributed by atoms with Crippen molar-refractivity contribution >= 4 is 94.3 Å². The van der Waals surface area contributed by atoms with Gasteiger partial charge in [0.1, 0.15) is 40.6 Å². The number of hydrogen-bond donors (Lipinski definition) is 9. The van der Waals surface area contributed by atoms with Crippen LogP contribution in [0.1, 0.15) is 85.9 Å². The van der Waals surface area contributed by atoms with Crippen molar-refractivity contribution in [3.63, 3.8) is 0 Å². The molecule has 9 N–H and O–H groups in total. The van der Waals surface area contributed by atoms with Crippen molar-refractivity contribution in [3.05, 3.63) is 119 Å². The van der Waals surface area contributed by atoms with Gasteiger partial charge in [0.05, 0.1) is 140 Å². The van der Waals surface area contributed by atoms with Crippen molar-refractivity contribution in [3.8, 4) is 28.7 Å². The highest BCUT2D eigenvalue weighted by molar-refractivity contribution is 6.34. The molecule has 0 saturated heterocycles. The maximum atomic E-state index is 11.6. The molecule has 0 bridgehead atoms. The number of aliphatic hydroxyl groups excluding tert-OH is 3. The van der Waals surface area contributed by atoms with E-state index in [1.54, 1.807) is 92.0 Å². The van der Waals surface area contributed by atoms with E-state index in [4.69, 9.17) is 48.8 Å². The molecule has 5 rings (SSSR count). The molecule has 1 unspecified atom stereocenters. The molecule has 5 aromatic carbocycles. The molecule has 0 radical (unpaired) electrons. The first-order chi connectivity index (χ1) is 42.6. The Balaban J connectivity index is 0.000000557. The van der Waals surface area contributed by atoms with Gasteiger partial charge in [-0.3, -0.25) is 27.1 Å². The minimum Gasteiger partial charge on any atom is -0.497 e. The van der Waals surface area contributed by atoms with Crippen molar-refractivity contribution in [1.82, 2.24) is 0 Å². The summed E-state index contributed by atoms with van der Waals surface area (Å²) in [5.41, 5.74) is 18.0. The Bertz CT molecular complexity index is 3240. The lowest BCUT2D eigenvalue weighted by Gasteiger charge is -2.09. The van der Waals surface area contributed by atoms with Gasteiger partial charge in [0.25, 0.3) is 0 Å². The number of hydrazone groups is 5. The molecule has 1 atom stereocenters. The molecule has 0 aliphatic carbocycles. The fourth-order valence-corrected chi connectivity index (χ4v) is 6.11. The average Bonchev–Trinajstić information content (AvgIpc) is 3.72. The van der Waals surface area contributed by atoms with Gasteiger partial charge < -0.3 is 67.8 Å². The normalized spacial score (nSPS) is 10.6. The molecule has 0 spiro atoms. The molecule has 0 aromatic heterocycles. The van der Waals surface area contributed by atoms with Crippen molar-refractivity contribution in [2.45, 2.75) is 40.2 Å². The Morgan fingerprint density at radius 3 is 1.00 bits per heavy atom. The van der Waals surface area contributed by atoms with Gasteiger partial charge in [0.15, 0.2) is 0 Å². The third kappa shape index (κ3) is 27.4. The highest BCUT2D eigenvalue weighted by Gasteiger charge is 2.18. The molecule has 5 aromatic rings. The summed E-state index contributed by atoms with van der Waals surface area (Å²) in [6.45, 7) is 6.41. The number of anilines is 5. The summed E-state index contributed by atoms with van der Waals surface area (Å²) in [6.07, 6.45) is 3.60. The SMILES string of the molecule is C/C=N/Nc1ccc(OC)cc1C(=O)OC.COC(=O)c1cc(OC)ccc1N/N=C(\C)C(=O)O.COC(=O)c1cc(OC)ccc1N/N=C/C(O)CO.COC(=O)c1cc(OC)ccc1N/N=C/CCO.COC(=O)c1cc(OC)ccc1NN=C(C)C. The number of nitrogens with one attached hydrogen (secondary N) is 5. The molecule has 482 valence electrons. The van der Waals surface area contributed by atoms with Crippen LogP contribution in [0.4, 0.5) is 28.4 Å². The number of benzene rings is 5. The highest BCUT2D eigenvalue weighted by Crippen LogP contribution is 2.27. The first kappa shape index (κ1) is 76.2. The molecule has 0 heterocycles. The number of ether oxygens (including phenoxy) is 10. The van der Waals surface area contributed by atoms with E-state index in [-0.39, 0.29) is 23.4 Å². The largest absolute Gasteiger partial charge is 0.497 e. The van der Waals surface area contributed by atoms with Gasteiger partial charge in [0, 0.05) is 31.2 Å². The number of aliphatic hydroxyl groups is 3. The maximum absolute atomic E-state index is 11.6. The molecule has 89 heavy (non-hydrogen) atoms. The van der Waals surface area contributed by atoms with Crippen LogP contribution in [0.25, 0.3) is 0 Å². The number of hydrogen-bond acceptors (Lipinski definition) is 29. The number of esters is 5. The molecule has 0 saturated carbocycles. The van der Waals surface area contributed by atoms with Crippen LogP contribution in [0, 0.1) is 0 Å². The Hall–Kier alpha value is -10.9. The molecular weight excluding hydrogens is 1170 g/mol. The van der Waals surface area contributed by atoms with E-state index in [1.807, 2.05) is 13.8 Å². The van der Waals surface area contributed by atoms with Crippen LogP contribution in [0.5, 0.6) is 28.7 Å². The lowest BCUT2D eigenvalue weighted by Crippen LogP contribution is -2.14. The van der Waals surface area contributed by atoms with Crippen LogP contribution in [-0.2, 0) is 28.5 Å². The lowest BCUT2D eigenvalue weighted by molar-refractivity contribution is -0.129. The lowest BCUT2D eigenvalue weighted by atomic mass is 10.1. The zero-order chi connectivity index (χ0) is 66.8. The number of rotatable bonds is 25. The summed E-state index contributed by atoms with van der Waals surface area (Å²) < 4.78 is 48.5. The van der Waals surface area contributed by atoms with Crippen molar-refractivity contribution in [1.29, 1.82) is 0 Å². The summed E-state index contributed by atoms with van der Waals surface area (Å²) >= 11 is 0. The fourth-order valence-electron chi connectivity index (χ4n) is 6.11. The van der Waals surface area contributed by atoms with Gasteiger partial charge in [-0.25, -0.2) is 28.8 Å². The van der Waals surface area contributed by atoms with Crippen molar-refractivity contribution < 1.29 is 96.6 Å². The number of methoxy groups -OCH3 is 10. The molecule has 0 amide bonds. The Kier molecular flexibility index (Phi) is 36.7. The summed E-state index contributed by atoms with van der Waals surface area (Å²) in [6, 6.07) is 24.4. The smallest absolute Gasteiger partial charge is 0.351 e. The van der Waals surface area contributed by atoms with Gasteiger partial charge >= 0.3 is 35.8 Å². The Morgan fingerprint density at radius 1 is 0.449 bits per heavy atom. The van der Waals surface area contributed by atoms with Crippen molar-refractivity contribution in [2.24, 2.45) is 25.5 Å². The van der Waals surface area contributed by atoms with Crippen LogP contribution in [-0.4, -0.2) is 177 Å². The third-order valence-corrected chi connectivity index (χ3v) is 10.7. The molecule has 0 fully saturated rings. The average molecular weight is 1250 g/mol. The number of nitrogens with zero attached hydrogens (tertiary/aromatic N) is 5.